The Morgan fingerprint density at radius 2 is 2.00 bits per heavy atom. The van der Waals surface area contributed by atoms with Gasteiger partial charge in [0.2, 0.25) is 0 Å². The van der Waals surface area contributed by atoms with Gasteiger partial charge in [0.1, 0.15) is 0 Å². The van der Waals surface area contributed by atoms with Gasteiger partial charge in [-0.05, 0) is 17.7 Å². The minimum Gasteiger partial charge on any atom is -0.479 e. The molecule has 1 atom stereocenters. The number of ether oxygens (including phenoxy) is 1. The second-order valence-corrected chi connectivity index (χ2v) is 3.93. The van der Waals surface area contributed by atoms with Crippen LogP contribution in [0.1, 0.15) is 11.1 Å². The van der Waals surface area contributed by atoms with Crippen molar-refractivity contribution >= 4 is 12.0 Å². The SMILES string of the molecule is COC(CNC(=O)NCc1ccc(C#N)cc1)C(=O)O. The Morgan fingerprint density at radius 3 is 2.50 bits per heavy atom. The molecular formula is C13H15N3O4. The van der Waals surface area contributed by atoms with E-state index in [2.05, 4.69) is 15.4 Å². The predicted octanol–water partition coefficient (Wildman–Crippen LogP) is 0.457. The van der Waals surface area contributed by atoms with Crippen LogP contribution in [0.15, 0.2) is 24.3 Å². The van der Waals surface area contributed by atoms with Crippen LogP contribution in [0, 0.1) is 11.3 Å². The van der Waals surface area contributed by atoms with E-state index < -0.39 is 18.1 Å². The molecule has 0 heterocycles. The molecule has 1 aromatic rings. The van der Waals surface area contributed by atoms with Gasteiger partial charge in [0.05, 0.1) is 18.2 Å². The van der Waals surface area contributed by atoms with Gasteiger partial charge in [-0.3, -0.25) is 0 Å². The van der Waals surface area contributed by atoms with Gasteiger partial charge in [0.15, 0.2) is 6.10 Å². The molecule has 7 nitrogen and oxygen atoms in total. The second-order valence-electron chi connectivity index (χ2n) is 3.93. The maximum absolute atomic E-state index is 11.5. The Bertz CT molecular complexity index is 507. The van der Waals surface area contributed by atoms with Crippen molar-refractivity contribution < 1.29 is 19.4 Å². The molecule has 0 saturated heterocycles. The third kappa shape index (κ3) is 4.96. The van der Waals surface area contributed by atoms with Gasteiger partial charge < -0.3 is 20.5 Å². The standard InChI is InChI=1S/C13H15N3O4/c1-20-11(12(17)18)8-16-13(19)15-7-10-4-2-9(6-14)3-5-10/h2-5,11H,7-8H2,1H3,(H,17,18)(H2,15,16,19). The summed E-state index contributed by atoms with van der Waals surface area (Å²) in [7, 11) is 1.26. The fourth-order valence-corrected chi connectivity index (χ4v) is 1.40. The van der Waals surface area contributed by atoms with E-state index >= 15 is 0 Å². The molecule has 0 spiro atoms. The number of benzene rings is 1. The van der Waals surface area contributed by atoms with Gasteiger partial charge in [-0.25, -0.2) is 9.59 Å². The smallest absolute Gasteiger partial charge is 0.334 e. The van der Waals surface area contributed by atoms with Crippen molar-refractivity contribution in [2.75, 3.05) is 13.7 Å². The van der Waals surface area contributed by atoms with Crippen LogP contribution in [0.5, 0.6) is 0 Å². The van der Waals surface area contributed by atoms with Gasteiger partial charge in [-0.1, -0.05) is 12.1 Å². The lowest BCUT2D eigenvalue weighted by Gasteiger charge is -2.12. The van der Waals surface area contributed by atoms with Crippen LogP contribution in [0.25, 0.3) is 0 Å². The van der Waals surface area contributed by atoms with Crippen LogP contribution in [-0.4, -0.2) is 36.9 Å². The lowest BCUT2D eigenvalue weighted by Crippen LogP contribution is -2.42. The normalized spacial score (nSPS) is 11.2. The summed E-state index contributed by atoms with van der Waals surface area (Å²) >= 11 is 0. The van der Waals surface area contributed by atoms with Crippen molar-refractivity contribution in [3.8, 4) is 6.07 Å². The number of aliphatic carboxylic acids is 1. The number of carboxylic acids is 1. The van der Waals surface area contributed by atoms with Crippen molar-refractivity contribution in [3.05, 3.63) is 35.4 Å². The van der Waals surface area contributed by atoms with Crippen LogP contribution >= 0.6 is 0 Å². The Labute approximate surface area is 116 Å². The lowest BCUT2D eigenvalue weighted by atomic mass is 10.1. The molecule has 1 rings (SSSR count). The molecule has 0 radical (unpaired) electrons. The van der Waals surface area contributed by atoms with E-state index in [0.717, 1.165) is 5.56 Å². The number of hydrogen-bond acceptors (Lipinski definition) is 4. The van der Waals surface area contributed by atoms with Crippen molar-refractivity contribution in [2.24, 2.45) is 0 Å². The molecule has 0 aliphatic heterocycles. The Balaban J connectivity index is 2.36. The van der Waals surface area contributed by atoms with Crippen LogP contribution in [0.3, 0.4) is 0 Å². The second kappa shape index (κ2) is 7.76. The van der Waals surface area contributed by atoms with Gasteiger partial charge in [0.25, 0.3) is 0 Å². The average Bonchev–Trinajstić information content (AvgIpc) is 2.46. The zero-order chi connectivity index (χ0) is 15.0. The minimum atomic E-state index is -1.14. The number of urea groups is 1. The minimum absolute atomic E-state index is 0.120. The molecule has 0 bridgehead atoms. The van der Waals surface area contributed by atoms with E-state index in [9.17, 15) is 9.59 Å². The number of carbonyl (C=O) groups is 2. The highest BCUT2D eigenvalue weighted by atomic mass is 16.5. The van der Waals surface area contributed by atoms with E-state index in [1.165, 1.54) is 7.11 Å². The molecule has 0 aliphatic carbocycles. The first-order valence-electron chi connectivity index (χ1n) is 5.83. The first-order chi connectivity index (χ1) is 9.56. The third-order valence-corrected chi connectivity index (χ3v) is 2.54. The maximum atomic E-state index is 11.5. The summed E-state index contributed by atoms with van der Waals surface area (Å²) in [6.45, 7) is 0.160. The first kappa shape index (κ1) is 15.5. The highest BCUT2D eigenvalue weighted by Gasteiger charge is 2.16. The predicted molar refractivity (Wildman–Crippen MR) is 69.8 cm³/mol. The summed E-state index contributed by atoms with van der Waals surface area (Å²) in [5.74, 6) is -1.14. The molecule has 0 saturated carbocycles. The fraction of sp³-hybridized carbons (Fsp3) is 0.308. The van der Waals surface area contributed by atoms with Crippen molar-refractivity contribution in [1.29, 1.82) is 5.26 Å². The molecule has 1 aromatic carbocycles. The third-order valence-electron chi connectivity index (χ3n) is 2.54. The Morgan fingerprint density at radius 1 is 1.35 bits per heavy atom. The molecule has 7 heteroatoms. The van der Waals surface area contributed by atoms with Gasteiger partial charge in [-0.15, -0.1) is 0 Å². The number of nitriles is 1. The lowest BCUT2D eigenvalue weighted by molar-refractivity contribution is -0.147. The van der Waals surface area contributed by atoms with Gasteiger partial charge >= 0.3 is 12.0 Å². The molecule has 0 fully saturated rings. The zero-order valence-electron chi connectivity index (χ0n) is 10.9. The van der Waals surface area contributed by atoms with Gasteiger partial charge in [0, 0.05) is 13.7 Å². The first-order valence-corrected chi connectivity index (χ1v) is 5.83. The fourth-order valence-electron chi connectivity index (χ4n) is 1.40. The molecule has 0 aromatic heterocycles. The summed E-state index contributed by atoms with van der Waals surface area (Å²) in [4.78, 5) is 22.1. The van der Waals surface area contributed by atoms with Crippen LogP contribution in [0.2, 0.25) is 0 Å². The number of hydrogen-bond donors (Lipinski definition) is 3. The average molecular weight is 277 g/mol. The number of nitrogens with one attached hydrogen (secondary N) is 2. The highest BCUT2D eigenvalue weighted by Crippen LogP contribution is 2.02. The van der Waals surface area contributed by atoms with E-state index in [4.69, 9.17) is 10.4 Å². The summed E-state index contributed by atoms with van der Waals surface area (Å²) in [5, 5.41) is 22.3. The van der Waals surface area contributed by atoms with E-state index in [1.54, 1.807) is 24.3 Å². The molecule has 3 N–H and O–H groups in total. The molecule has 20 heavy (non-hydrogen) atoms. The summed E-state index contributed by atoms with van der Waals surface area (Å²) < 4.78 is 4.68. The molecule has 1 unspecified atom stereocenters. The number of carboxylic acid groups (broad SMARTS) is 1. The highest BCUT2D eigenvalue weighted by molar-refractivity contribution is 5.76. The summed E-state index contributed by atoms with van der Waals surface area (Å²) in [6.07, 6.45) is -1.07. The number of carbonyl (C=O) groups excluding carboxylic acids is 1. The van der Waals surface area contributed by atoms with Crippen molar-refractivity contribution in [1.82, 2.24) is 10.6 Å². The summed E-state index contributed by atoms with van der Waals surface area (Å²) in [6, 6.07) is 8.28. The number of amides is 2. The molecular weight excluding hydrogens is 262 g/mol. The monoisotopic (exact) mass is 277 g/mol. The zero-order valence-corrected chi connectivity index (χ0v) is 10.9. The van der Waals surface area contributed by atoms with Crippen molar-refractivity contribution in [3.63, 3.8) is 0 Å². The maximum Gasteiger partial charge on any atom is 0.334 e. The molecule has 0 aliphatic rings. The van der Waals surface area contributed by atoms with E-state index in [-0.39, 0.29) is 13.1 Å². The Hall–Kier alpha value is -2.59. The Kier molecular flexibility index (Phi) is 6.00. The van der Waals surface area contributed by atoms with E-state index in [1.807, 2.05) is 6.07 Å². The molecule has 106 valence electrons. The topological polar surface area (TPSA) is 111 Å². The number of nitrogens with zero attached hydrogens (tertiary/aromatic N) is 1. The quantitative estimate of drug-likeness (QED) is 0.699. The largest absolute Gasteiger partial charge is 0.479 e. The van der Waals surface area contributed by atoms with Crippen LogP contribution in [0.4, 0.5) is 4.79 Å². The van der Waals surface area contributed by atoms with Crippen molar-refractivity contribution in [2.45, 2.75) is 12.6 Å². The number of rotatable bonds is 6. The van der Waals surface area contributed by atoms with Gasteiger partial charge in [-0.2, -0.15) is 5.26 Å². The molecule has 2 amide bonds. The van der Waals surface area contributed by atoms with E-state index in [0.29, 0.717) is 5.56 Å². The number of methoxy groups -OCH3 is 1. The van der Waals surface area contributed by atoms with Crippen LogP contribution < -0.4 is 10.6 Å². The summed E-state index contributed by atoms with van der Waals surface area (Å²) in [5.41, 5.74) is 1.38. The van der Waals surface area contributed by atoms with Crippen LogP contribution in [-0.2, 0) is 16.1 Å².